The lowest BCUT2D eigenvalue weighted by Gasteiger charge is -2.04. The zero-order valence-electron chi connectivity index (χ0n) is 9.00. The predicted octanol–water partition coefficient (Wildman–Crippen LogP) is 2.70. The molecule has 84 valence electrons. The SMILES string of the molecule is c1ccc2cc(CNc3nnns3)ccc2c1. The fraction of sp³-hybridized carbons (Fsp3) is 0.0833. The summed E-state index contributed by atoms with van der Waals surface area (Å²) in [6.45, 7) is 0.738. The normalized spacial score (nSPS) is 10.6. The number of hydrogen-bond donors (Lipinski definition) is 1. The summed E-state index contributed by atoms with van der Waals surface area (Å²) in [7, 11) is 0. The average molecular weight is 242 g/mol. The molecule has 5 heteroatoms. The Labute approximate surface area is 102 Å². The molecule has 0 bridgehead atoms. The van der Waals surface area contributed by atoms with Crippen LogP contribution in [0.2, 0.25) is 0 Å². The van der Waals surface area contributed by atoms with Gasteiger partial charge in [-0.25, -0.2) is 0 Å². The molecule has 0 aliphatic carbocycles. The molecule has 3 rings (SSSR count). The Hall–Kier alpha value is -2.01. The maximum Gasteiger partial charge on any atom is 0.225 e. The lowest BCUT2D eigenvalue weighted by atomic mass is 10.1. The number of aromatic nitrogens is 3. The minimum atomic E-state index is 0.738. The lowest BCUT2D eigenvalue weighted by molar-refractivity contribution is 0.951. The second kappa shape index (κ2) is 4.47. The summed E-state index contributed by atoms with van der Waals surface area (Å²) in [5.74, 6) is 0. The molecule has 17 heavy (non-hydrogen) atoms. The number of anilines is 1. The fourth-order valence-corrected chi connectivity index (χ4v) is 2.09. The van der Waals surface area contributed by atoms with E-state index in [0.29, 0.717) is 0 Å². The van der Waals surface area contributed by atoms with E-state index in [1.165, 1.54) is 27.9 Å². The first kappa shape index (κ1) is 10.2. The number of hydrogen-bond acceptors (Lipinski definition) is 5. The molecule has 0 saturated heterocycles. The highest BCUT2D eigenvalue weighted by Crippen LogP contribution is 2.16. The van der Waals surface area contributed by atoms with Crippen molar-refractivity contribution in [1.29, 1.82) is 0 Å². The van der Waals surface area contributed by atoms with Crippen molar-refractivity contribution in [2.24, 2.45) is 0 Å². The van der Waals surface area contributed by atoms with E-state index < -0.39 is 0 Å². The molecule has 3 aromatic rings. The Morgan fingerprint density at radius 1 is 1.06 bits per heavy atom. The van der Waals surface area contributed by atoms with Gasteiger partial charge in [0.15, 0.2) is 0 Å². The van der Waals surface area contributed by atoms with Gasteiger partial charge >= 0.3 is 0 Å². The van der Waals surface area contributed by atoms with E-state index in [-0.39, 0.29) is 0 Å². The Kier molecular flexibility index (Phi) is 2.67. The molecular weight excluding hydrogens is 232 g/mol. The van der Waals surface area contributed by atoms with E-state index in [1.54, 1.807) is 0 Å². The third-order valence-electron chi connectivity index (χ3n) is 2.56. The van der Waals surface area contributed by atoms with Gasteiger partial charge in [0.2, 0.25) is 5.13 Å². The minimum Gasteiger partial charge on any atom is -0.355 e. The Morgan fingerprint density at radius 3 is 2.76 bits per heavy atom. The first-order valence-corrected chi connectivity index (χ1v) is 6.06. The van der Waals surface area contributed by atoms with E-state index in [1.807, 2.05) is 12.1 Å². The monoisotopic (exact) mass is 242 g/mol. The summed E-state index contributed by atoms with van der Waals surface area (Å²) in [5, 5.41) is 13.8. The second-order valence-electron chi connectivity index (χ2n) is 3.70. The van der Waals surface area contributed by atoms with Crippen molar-refractivity contribution in [3.63, 3.8) is 0 Å². The van der Waals surface area contributed by atoms with Crippen molar-refractivity contribution in [2.75, 3.05) is 5.32 Å². The highest BCUT2D eigenvalue weighted by molar-refractivity contribution is 7.09. The molecular formula is C12H10N4S. The van der Waals surface area contributed by atoms with Crippen LogP contribution < -0.4 is 5.32 Å². The topological polar surface area (TPSA) is 50.7 Å². The van der Waals surface area contributed by atoms with Crippen LogP contribution in [0.4, 0.5) is 5.13 Å². The molecule has 1 N–H and O–H groups in total. The van der Waals surface area contributed by atoms with Gasteiger partial charge in [0.1, 0.15) is 0 Å². The van der Waals surface area contributed by atoms with Crippen LogP contribution in [0.3, 0.4) is 0 Å². The van der Waals surface area contributed by atoms with Crippen molar-refractivity contribution in [1.82, 2.24) is 14.8 Å². The van der Waals surface area contributed by atoms with Gasteiger partial charge in [-0.3, -0.25) is 0 Å². The number of benzene rings is 2. The second-order valence-corrected chi connectivity index (χ2v) is 4.44. The summed E-state index contributed by atoms with van der Waals surface area (Å²) in [6.07, 6.45) is 0. The summed E-state index contributed by atoms with van der Waals surface area (Å²) in [4.78, 5) is 0. The molecule has 0 aliphatic heterocycles. The first-order chi connectivity index (χ1) is 8.42. The summed E-state index contributed by atoms with van der Waals surface area (Å²) in [6, 6.07) is 14.7. The average Bonchev–Trinajstić information content (AvgIpc) is 2.89. The van der Waals surface area contributed by atoms with Crippen LogP contribution in [0, 0.1) is 0 Å². The van der Waals surface area contributed by atoms with Gasteiger partial charge in [0, 0.05) is 18.1 Å². The largest absolute Gasteiger partial charge is 0.355 e. The van der Waals surface area contributed by atoms with Gasteiger partial charge in [-0.15, -0.1) is 0 Å². The molecule has 0 amide bonds. The number of nitrogens with zero attached hydrogens (tertiary/aromatic N) is 3. The first-order valence-electron chi connectivity index (χ1n) is 5.28. The maximum absolute atomic E-state index is 3.84. The van der Waals surface area contributed by atoms with Crippen molar-refractivity contribution in [3.8, 4) is 0 Å². The maximum atomic E-state index is 3.84. The minimum absolute atomic E-state index is 0.738. The van der Waals surface area contributed by atoms with Gasteiger partial charge in [0.25, 0.3) is 0 Å². The van der Waals surface area contributed by atoms with Crippen LogP contribution in [0.5, 0.6) is 0 Å². The van der Waals surface area contributed by atoms with Crippen molar-refractivity contribution >= 4 is 27.4 Å². The van der Waals surface area contributed by atoms with Gasteiger partial charge in [-0.05, 0) is 27.6 Å². The third kappa shape index (κ3) is 2.24. The number of rotatable bonds is 3. The van der Waals surface area contributed by atoms with Gasteiger partial charge < -0.3 is 5.32 Å². The number of nitrogens with one attached hydrogen (secondary N) is 1. The molecule has 0 atom stereocenters. The molecule has 0 unspecified atom stereocenters. The van der Waals surface area contributed by atoms with Crippen LogP contribution in [-0.4, -0.2) is 14.8 Å². The highest BCUT2D eigenvalue weighted by atomic mass is 32.1. The Morgan fingerprint density at radius 2 is 1.94 bits per heavy atom. The van der Waals surface area contributed by atoms with Crippen LogP contribution in [0.1, 0.15) is 5.56 Å². The smallest absolute Gasteiger partial charge is 0.225 e. The standard InChI is InChI=1S/C12H10N4S/c1-2-4-11-7-9(5-6-10(11)3-1)8-13-12-14-15-16-17-12/h1-7H,8H2,(H,13,14,16). The van der Waals surface area contributed by atoms with Gasteiger partial charge in [-0.2, -0.15) is 0 Å². The van der Waals surface area contributed by atoms with Crippen molar-refractivity contribution in [2.45, 2.75) is 6.54 Å². The van der Waals surface area contributed by atoms with Crippen LogP contribution >= 0.6 is 11.5 Å². The van der Waals surface area contributed by atoms with E-state index in [9.17, 15) is 0 Å². The molecule has 0 aliphatic rings. The molecule has 2 aromatic carbocycles. The van der Waals surface area contributed by atoms with Crippen molar-refractivity contribution < 1.29 is 0 Å². The van der Waals surface area contributed by atoms with E-state index in [0.717, 1.165) is 11.7 Å². The molecule has 0 fully saturated rings. The van der Waals surface area contributed by atoms with E-state index in [2.05, 4.69) is 50.4 Å². The zero-order chi connectivity index (χ0) is 11.5. The molecule has 1 aromatic heterocycles. The molecule has 0 saturated carbocycles. The summed E-state index contributed by atoms with van der Waals surface area (Å²) >= 11 is 1.26. The summed E-state index contributed by atoms with van der Waals surface area (Å²) < 4.78 is 3.70. The quantitative estimate of drug-likeness (QED) is 0.767. The Balaban J connectivity index is 1.81. The van der Waals surface area contributed by atoms with E-state index in [4.69, 9.17) is 0 Å². The van der Waals surface area contributed by atoms with Gasteiger partial charge in [-0.1, -0.05) is 46.0 Å². The van der Waals surface area contributed by atoms with Crippen LogP contribution in [0.25, 0.3) is 10.8 Å². The molecule has 4 nitrogen and oxygen atoms in total. The van der Waals surface area contributed by atoms with Gasteiger partial charge in [0.05, 0.1) is 0 Å². The van der Waals surface area contributed by atoms with E-state index >= 15 is 0 Å². The summed E-state index contributed by atoms with van der Waals surface area (Å²) in [5.41, 5.74) is 1.22. The zero-order valence-corrected chi connectivity index (χ0v) is 9.81. The molecule has 0 spiro atoms. The highest BCUT2D eigenvalue weighted by Gasteiger charge is 1.99. The predicted molar refractivity (Wildman–Crippen MR) is 69.0 cm³/mol. The number of fused-ring (bicyclic) bond motifs is 1. The van der Waals surface area contributed by atoms with Crippen LogP contribution in [0.15, 0.2) is 42.5 Å². The third-order valence-corrected chi connectivity index (χ3v) is 3.11. The molecule has 1 heterocycles. The lowest BCUT2D eigenvalue weighted by Crippen LogP contribution is -1.98. The fourth-order valence-electron chi connectivity index (χ4n) is 1.73. The molecule has 0 radical (unpaired) electrons. The Bertz CT molecular complexity index is 621. The van der Waals surface area contributed by atoms with Crippen molar-refractivity contribution in [3.05, 3.63) is 48.0 Å². The van der Waals surface area contributed by atoms with Crippen LogP contribution in [-0.2, 0) is 6.54 Å².